The zero-order valence-corrected chi connectivity index (χ0v) is 30.6. The number of anilines is 3. The van der Waals surface area contributed by atoms with Gasteiger partial charge in [0.25, 0.3) is 0 Å². The van der Waals surface area contributed by atoms with Crippen LogP contribution < -0.4 is 20.2 Å². The Morgan fingerprint density at radius 2 is 1.35 bits per heavy atom. The highest BCUT2D eigenvalue weighted by Crippen LogP contribution is 2.45. The summed E-state index contributed by atoms with van der Waals surface area (Å²) in [5, 5.41) is 6.22. The van der Waals surface area contributed by atoms with Crippen molar-refractivity contribution < 1.29 is 4.74 Å². The Balaban J connectivity index is 1.20. The van der Waals surface area contributed by atoms with Crippen molar-refractivity contribution in [1.29, 1.82) is 0 Å². The number of nitrogens with one attached hydrogen (secondary N) is 1. The molecular formula is C45H45BN4O. The Labute approximate surface area is 302 Å². The molecule has 0 fully saturated rings. The van der Waals surface area contributed by atoms with E-state index >= 15 is 0 Å². The summed E-state index contributed by atoms with van der Waals surface area (Å²) in [5.74, 6) is 3.22. The first kappa shape index (κ1) is 32.7. The first-order chi connectivity index (χ1) is 24.6. The number of rotatable bonds is 7. The molecule has 3 heterocycles. The highest BCUT2D eigenvalue weighted by atomic mass is 16.5. The van der Waals surface area contributed by atoms with Crippen LogP contribution >= 0.6 is 0 Å². The summed E-state index contributed by atoms with van der Waals surface area (Å²) < 4.78 is 8.98. The quantitative estimate of drug-likeness (QED) is 0.172. The second-order valence-electron chi connectivity index (χ2n) is 15.4. The second-order valence-corrected chi connectivity index (χ2v) is 15.4. The zero-order valence-electron chi connectivity index (χ0n) is 30.6. The molecule has 5 aromatic carbocycles. The van der Waals surface area contributed by atoms with Gasteiger partial charge in [-0.15, -0.1) is 0 Å². The van der Waals surface area contributed by atoms with Crippen LogP contribution in [-0.2, 0) is 5.41 Å². The van der Waals surface area contributed by atoms with Crippen molar-refractivity contribution >= 4 is 51.3 Å². The Bertz CT molecular complexity index is 2380. The number of benzene rings is 5. The van der Waals surface area contributed by atoms with Gasteiger partial charge in [0, 0.05) is 34.4 Å². The van der Waals surface area contributed by atoms with Gasteiger partial charge in [0.1, 0.15) is 17.3 Å². The van der Waals surface area contributed by atoms with Crippen LogP contribution in [0.5, 0.6) is 11.5 Å². The van der Waals surface area contributed by atoms with E-state index in [1.54, 1.807) is 0 Å². The van der Waals surface area contributed by atoms with E-state index in [4.69, 9.17) is 9.72 Å². The lowest BCUT2D eigenvalue weighted by molar-refractivity contribution is 0.483. The van der Waals surface area contributed by atoms with Crippen LogP contribution in [0.4, 0.5) is 17.1 Å². The molecular weight excluding hydrogens is 623 g/mol. The third-order valence-electron chi connectivity index (χ3n) is 10.2. The Hall–Kier alpha value is -5.49. The van der Waals surface area contributed by atoms with Crippen molar-refractivity contribution in [3.8, 4) is 17.3 Å². The third-order valence-corrected chi connectivity index (χ3v) is 10.2. The number of nitrogens with zero attached hydrogens (tertiary/aromatic N) is 3. The van der Waals surface area contributed by atoms with Gasteiger partial charge < -0.3 is 14.8 Å². The lowest BCUT2D eigenvalue weighted by Gasteiger charge is -2.31. The lowest BCUT2D eigenvalue weighted by Crippen LogP contribution is -2.48. The summed E-state index contributed by atoms with van der Waals surface area (Å²) in [6, 6.07) is 43.2. The number of para-hydroxylation sites is 4. The number of hydrogen-bond acceptors (Lipinski definition) is 4. The van der Waals surface area contributed by atoms with Gasteiger partial charge >= 0.3 is 6.98 Å². The highest BCUT2D eigenvalue weighted by molar-refractivity contribution is 6.82. The van der Waals surface area contributed by atoms with E-state index in [9.17, 15) is 0 Å². The number of hydrogen-bond donors (Lipinski definition) is 1. The molecule has 1 N–H and O–H groups in total. The van der Waals surface area contributed by atoms with E-state index in [1.165, 1.54) is 38.8 Å². The topological polar surface area (TPSA) is 42.3 Å². The Kier molecular flexibility index (Phi) is 8.13. The number of aromatic nitrogens is 2. The van der Waals surface area contributed by atoms with Gasteiger partial charge in [0.15, 0.2) is 0 Å². The molecule has 6 heteroatoms. The molecule has 0 atom stereocenters. The fourth-order valence-corrected chi connectivity index (χ4v) is 7.58. The highest BCUT2D eigenvalue weighted by Gasteiger charge is 2.38. The van der Waals surface area contributed by atoms with E-state index in [1.807, 2.05) is 12.3 Å². The standard InChI is InChI=1S/C45H45BN4O/c1-29(2)35-17-13-18-36(30(3)4)44(35)50-41-21-11-9-19-39(41)48-46(50)32-14-12-15-33(27-32)51-34-22-23-38-37-16-8-10-20-40(37)49(42(38)28-34)43-26-31(24-25-47-43)45(5,6)7/h8-30,48H,1-7H3. The van der Waals surface area contributed by atoms with Gasteiger partial charge in [0.05, 0.1) is 16.7 Å². The van der Waals surface area contributed by atoms with Crippen LogP contribution in [-0.4, -0.2) is 16.5 Å². The van der Waals surface area contributed by atoms with Crippen molar-refractivity contribution in [2.45, 2.75) is 65.7 Å². The van der Waals surface area contributed by atoms with Gasteiger partial charge in [0.2, 0.25) is 0 Å². The second kappa shape index (κ2) is 12.7. The molecule has 1 aliphatic heterocycles. The SMILES string of the molecule is CC(C)c1cccc(C(C)C)c1N1B(c2cccc(Oc3ccc4c5ccccc5n(-c5cc(C(C)(C)C)ccn5)c4c3)c2)Nc2ccccc21. The molecule has 1 aliphatic rings. The predicted octanol–water partition coefficient (Wildman–Crippen LogP) is 11.5. The average molecular weight is 669 g/mol. The molecule has 7 aromatic rings. The van der Waals surface area contributed by atoms with Crippen LogP contribution in [0.15, 0.2) is 128 Å². The Morgan fingerprint density at radius 1 is 0.667 bits per heavy atom. The van der Waals surface area contributed by atoms with Crippen molar-refractivity contribution in [2.24, 2.45) is 0 Å². The van der Waals surface area contributed by atoms with Crippen LogP contribution in [0.1, 0.15) is 77.0 Å². The maximum Gasteiger partial charge on any atom is 0.413 e. The van der Waals surface area contributed by atoms with E-state index in [0.717, 1.165) is 39.5 Å². The molecule has 0 aliphatic carbocycles. The smallest absolute Gasteiger partial charge is 0.413 e. The molecule has 2 aromatic heterocycles. The van der Waals surface area contributed by atoms with E-state index in [2.05, 4.69) is 178 Å². The first-order valence-electron chi connectivity index (χ1n) is 18.1. The minimum Gasteiger partial charge on any atom is -0.457 e. The van der Waals surface area contributed by atoms with E-state index < -0.39 is 0 Å². The zero-order chi connectivity index (χ0) is 35.4. The van der Waals surface area contributed by atoms with E-state index in [0.29, 0.717) is 11.8 Å². The minimum atomic E-state index is -0.102. The average Bonchev–Trinajstić information content (AvgIpc) is 3.67. The summed E-state index contributed by atoms with van der Waals surface area (Å²) in [4.78, 5) is 7.36. The molecule has 254 valence electrons. The van der Waals surface area contributed by atoms with Crippen molar-refractivity contribution in [1.82, 2.24) is 9.55 Å². The van der Waals surface area contributed by atoms with Gasteiger partial charge in [-0.2, -0.15) is 0 Å². The van der Waals surface area contributed by atoms with Crippen molar-refractivity contribution in [3.63, 3.8) is 0 Å². The molecule has 0 saturated heterocycles. The van der Waals surface area contributed by atoms with Crippen LogP contribution in [0.2, 0.25) is 0 Å². The van der Waals surface area contributed by atoms with Crippen LogP contribution in [0.3, 0.4) is 0 Å². The molecule has 8 rings (SSSR count). The number of pyridine rings is 1. The largest absolute Gasteiger partial charge is 0.457 e. The normalized spacial score (nSPS) is 13.0. The summed E-state index contributed by atoms with van der Waals surface area (Å²) >= 11 is 0. The van der Waals surface area contributed by atoms with Crippen LogP contribution in [0.25, 0.3) is 27.6 Å². The van der Waals surface area contributed by atoms with Gasteiger partial charge in [-0.3, -0.25) is 4.57 Å². The fraction of sp³-hybridized carbons (Fsp3) is 0.222. The monoisotopic (exact) mass is 668 g/mol. The first-order valence-corrected chi connectivity index (χ1v) is 18.1. The fourth-order valence-electron chi connectivity index (χ4n) is 7.58. The molecule has 0 saturated carbocycles. The summed E-state index contributed by atoms with van der Waals surface area (Å²) in [6.45, 7) is 15.8. The third kappa shape index (κ3) is 5.83. The van der Waals surface area contributed by atoms with Crippen LogP contribution in [0, 0.1) is 0 Å². The van der Waals surface area contributed by atoms with E-state index in [-0.39, 0.29) is 12.4 Å². The van der Waals surface area contributed by atoms with Gasteiger partial charge in [-0.05, 0) is 94.0 Å². The predicted molar refractivity (Wildman–Crippen MR) is 216 cm³/mol. The molecule has 0 amide bonds. The van der Waals surface area contributed by atoms with Gasteiger partial charge in [-0.25, -0.2) is 4.98 Å². The maximum absolute atomic E-state index is 6.71. The molecule has 51 heavy (non-hydrogen) atoms. The summed E-state index contributed by atoms with van der Waals surface area (Å²) in [7, 11) is 0. The Morgan fingerprint density at radius 3 is 2.12 bits per heavy atom. The lowest BCUT2D eigenvalue weighted by atomic mass is 9.66. The number of fused-ring (bicyclic) bond motifs is 4. The van der Waals surface area contributed by atoms with Crippen molar-refractivity contribution in [3.05, 3.63) is 144 Å². The maximum atomic E-state index is 6.71. The summed E-state index contributed by atoms with van der Waals surface area (Å²) in [6.07, 6.45) is 1.92. The summed E-state index contributed by atoms with van der Waals surface area (Å²) in [5.41, 5.74) is 10.9. The van der Waals surface area contributed by atoms with Crippen molar-refractivity contribution in [2.75, 3.05) is 10.0 Å². The number of ether oxygens (including phenoxy) is 1. The molecule has 0 bridgehead atoms. The molecule has 0 radical (unpaired) electrons. The molecule has 5 nitrogen and oxygen atoms in total. The minimum absolute atomic E-state index is 0.00802. The van der Waals surface area contributed by atoms with Gasteiger partial charge in [-0.1, -0.05) is 109 Å². The molecule has 0 spiro atoms. The molecule has 0 unspecified atom stereocenters.